The summed E-state index contributed by atoms with van der Waals surface area (Å²) in [6.07, 6.45) is 2.46. The molecule has 0 bridgehead atoms. The summed E-state index contributed by atoms with van der Waals surface area (Å²) in [6.45, 7) is 4.47. The highest BCUT2D eigenvalue weighted by atomic mass is 28.4. The Morgan fingerprint density at radius 1 is 1.06 bits per heavy atom. The lowest BCUT2D eigenvalue weighted by atomic mass is 10.0. The molecule has 0 aromatic heterocycles. The minimum absolute atomic E-state index is 0.817. The first-order chi connectivity index (χ1) is 8.73. The Morgan fingerprint density at radius 3 is 2.11 bits per heavy atom. The molecule has 0 amide bonds. The topological polar surface area (TPSA) is 21.7 Å². The van der Waals surface area contributed by atoms with E-state index in [1.165, 1.54) is 18.0 Å². The van der Waals surface area contributed by atoms with Crippen LogP contribution in [0.15, 0.2) is 30.3 Å². The van der Waals surface area contributed by atoms with E-state index < -0.39 is 8.72 Å². The van der Waals surface area contributed by atoms with E-state index in [9.17, 15) is 0 Å². The van der Waals surface area contributed by atoms with Crippen molar-refractivity contribution in [2.45, 2.75) is 19.8 Å². The largest absolute Gasteiger partial charge is 0.462 e. The molecule has 1 saturated heterocycles. The molecule has 1 aromatic rings. The lowest BCUT2D eigenvalue weighted by molar-refractivity contribution is 0.150. The maximum atomic E-state index is 5.89. The predicted octanol–water partition coefficient (Wildman–Crippen LogP) is 1.86. The lowest BCUT2D eigenvalue weighted by Crippen LogP contribution is -2.67. The Bertz CT molecular complexity index is 359. The molecular formula is C14H23NO2Si. The van der Waals surface area contributed by atoms with E-state index in [2.05, 4.69) is 35.8 Å². The summed E-state index contributed by atoms with van der Waals surface area (Å²) in [5.74, 6) is 0.817. The fourth-order valence-electron chi connectivity index (χ4n) is 2.71. The highest BCUT2D eigenvalue weighted by Gasteiger charge is 2.46. The average molecular weight is 265 g/mol. The van der Waals surface area contributed by atoms with Crippen molar-refractivity contribution in [3.63, 3.8) is 0 Å². The van der Waals surface area contributed by atoms with Gasteiger partial charge in [-0.1, -0.05) is 37.3 Å². The Kier molecular flexibility index (Phi) is 4.56. The van der Waals surface area contributed by atoms with E-state index in [-0.39, 0.29) is 0 Å². The van der Waals surface area contributed by atoms with Crippen LogP contribution >= 0.6 is 0 Å². The first-order valence-electron chi connectivity index (χ1n) is 6.64. The van der Waals surface area contributed by atoms with Gasteiger partial charge in [0.15, 0.2) is 0 Å². The summed E-state index contributed by atoms with van der Waals surface area (Å²) in [7, 11) is 1.14. The van der Waals surface area contributed by atoms with E-state index in [1.54, 1.807) is 14.2 Å². The number of piperidine rings is 1. The second kappa shape index (κ2) is 5.97. The summed E-state index contributed by atoms with van der Waals surface area (Å²) >= 11 is 0. The van der Waals surface area contributed by atoms with Crippen LogP contribution in [0.25, 0.3) is 0 Å². The van der Waals surface area contributed by atoms with Gasteiger partial charge in [-0.05, 0) is 31.8 Å². The zero-order chi connectivity index (χ0) is 13.0. The van der Waals surface area contributed by atoms with Crippen molar-refractivity contribution >= 4 is 13.9 Å². The van der Waals surface area contributed by atoms with Crippen molar-refractivity contribution in [1.82, 2.24) is 4.57 Å². The summed E-state index contributed by atoms with van der Waals surface area (Å²) in [5, 5.41) is 1.20. The quantitative estimate of drug-likeness (QED) is 0.776. The fourth-order valence-corrected chi connectivity index (χ4v) is 5.69. The predicted molar refractivity (Wildman–Crippen MR) is 75.8 cm³/mol. The molecule has 0 unspecified atom stereocenters. The summed E-state index contributed by atoms with van der Waals surface area (Å²) < 4.78 is 14.2. The molecule has 1 aliphatic rings. The van der Waals surface area contributed by atoms with Gasteiger partial charge in [0.05, 0.1) is 0 Å². The van der Waals surface area contributed by atoms with Crippen molar-refractivity contribution < 1.29 is 8.85 Å². The second-order valence-electron chi connectivity index (χ2n) is 5.03. The van der Waals surface area contributed by atoms with Crippen LogP contribution in [-0.2, 0) is 8.85 Å². The number of nitrogens with zero attached hydrogens (tertiary/aromatic N) is 1. The van der Waals surface area contributed by atoms with Crippen LogP contribution in [0.4, 0.5) is 0 Å². The third kappa shape index (κ3) is 2.52. The maximum Gasteiger partial charge on any atom is 0.462 e. The van der Waals surface area contributed by atoms with Crippen molar-refractivity contribution in [2.75, 3.05) is 27.3 Å². The van der Waals surface area contributed by atoms with Crippen LogP contribution in [-0.4, -0.2) is 40.6 Å². The summed E-state index contributed by atoms with van der Waals surface area (Å²) in [5.41, 5.74) is 0. The molecule has 2 rings (SSSR count). The number of hydrogen-bond donors (Lipinski definition) is 0. The molecule has 1 heterocycles. The fraction of sp³-hybridized carbons (Fsp3) is 0.571. The molecule has 0 saturated carbocycles. The second-order valence-corrected chi connectivity index (χ2v) is 8.22. The SMILES string of the molecule is CO[Si](OC)(c1ccccc1)N1CCC(C)CC1. The van der Waals surface area contributed by atoms with Gasteiger partial charge >= 0.3 is 8.72 Å². The summed E-state index contributed by atoms with van der Waals surface area (Å²) in [6, 6.07) is 10.4. The van der Waals surface area contributed by atoms with Crippen LogP contribution in [0.3, 0.4) is 0 Å². The molecule has 1 aliphatic heterocycles. The molecule has 0 aliphatic carbocycles. The molecule has 18 heavy (non-hydrogen) atoms. The van der Waals surface area contributed by atoms with Gasteiger partial charge in [-0.3, -0.25) is 4.57 Å². The molecule has 1 aromatic carbocycles. The smallest absolute Gasteiger partial charge is 0.383 e. The van der Waals surface area contributed by atoms with Gasteiger partial charge in [0.2, 0.25) is 0 Å². The lowest BCUT2D eigenvalue weighted by Gasteiger charge is -2.41. The first kappa shape index (κ1) is 13.7. The van der Waals surface area contributed by atoms with Gasteiger partial charge in [-0.25, -0.2) is 0 Å². The molecule has 0 spiro atoms. The van der Waals surface area contributed by atoms with Gasteiger partial charge in [-0.2, -0.15) is 0 Å². The van der Waals surface area contributed by atoms with E-state index in [1.807, 2.05) is 6.07 Å². The number of hydrogen-bond acceptors (Lipinski definition) is 3. The molecule has 100 valence electrons. The minimum Gasteiger partial charge on any atom is -0.383 e. The Hall–Kier alpha value is -0.683. The van der Waals surface area contributed by atoms with Crippen molar-refractivity contribution in [3.8, 4) is 0 Å². The summed E-state index contributed by atoms with van der Waals surface area (Å²) in [4.78, 5) is 0. The minimum atomic E-state index is -2.41. The third-order valence-corrected chi connectivity index (χ3v) is 7.34. The van der Waals surface area contributed by atoms with Gasteiger partial charge < -0.3 is 8.85 Å². The Morgan fingerprint density at radius 2 is 1.61 bits per heavy atom. The van der Waals surface area contributed by atoms with Crippen molar-refractivity contribution in [3.05, 3.63) is 30.3 Å². The van der Waals surface area contributed by atoms with Gasteiger partial charge in [0, 0.05) is 19.4 Å². The molecular weight excluding hydrogens is 242 g/mol. The normalized spacial score (nSPS) is 19.1. The Labute approximate surface area is 111 Å². The maximum absolute atomic E-state index is 5.89. The molecule has 4 heteroatoms. The van der Waals surface area contributed by atoms with E-state index in [4.69, 9.17) is 8.85 Å². The zero-order valence-electron chi connectivity index (χ0n) is 11.6. The third-order valence-electron chi connectivity index (χ3n) is 3.89. The van der Waals surface area contributed by atoms with E-state index in [0.717, 1.165) is 19.0 Å². The highest BCUT2D eigenvalue weighted by molar-refractivity contribution is 6.78. The van der Waals surface area contributed by atoms with E-state index >= 15 is 0 Å². The van der Waals surface area contributed by atoms with Crippen LogP contribution in [0.5, 0.6) is 0 Å². The van der Waals surface area contributed by atoms with Crippen LogP contribution in [0.2, 0.25) is 0 Å². The highest BCUT2D eigenvalue weighted by Crippen LogP contribution is 2.22. The molecule has 3 nitrogen and oxygen atoms in total. The first-order valence-corrected chi connectivity index (χ1v) is 8.40. The standard InChI is InChI=1S/C14H23NO2Si/c1-13-9-11-15(12-10-13)18(16-2,17-3)14-7-5-4-6-8-14/h4-8,13H,9-12H2,1-3H3. The van der Waals surface area contributed by atoms with Crippen LogP contribution in [0, 0.1) is 5.92 Å². The molecule has 0 atom stereocenters. The number of rotatable bonds is 4. The Balaban J connectivity index is 2.26. The van der Waals surface area contributed by atoms with Gasteiger partial charge in [0.1, 0.15) is 0 Å². The zero-order valence-corrected chi connectivity index (χ0v) is 12.6. The molecule has 0 radical (unpaired) electrons. The number of benzene rings is 1. The van der Waals surface area contributed by atoms with Crippen LogP contribution in [0.1, 0.15) is 19.8 Å². The average Bonchev–Trinajstić information content (AvgIpc) is 2.44. The van der Waals surface area contributed by atoms with Crippen molar-refractivity contribution in [2.24, 2.45) is 5.92 Å². The van der Waals surface area contributed by atoms with Gasteiger partial charge in [0.25, 0.3) is 0 Å². The molecule has 0 N–H and O–H groups in total. The van der Waals surface area contributed by atoms with E-state index in [0.29, 0.717) is 0 Å². The van der Waals surface area contributed by atoms with Gasteiger partial charge in [-0.15, -0.1) is 0 Å². The molecule has 1 fully saturated rings. The van der Waals surface area contributed by atoms with Crippen LogP contribution < -0.4 is 5.19 Å². The van der Waals surface area contributed by atoms with Crippen molar-refractivity contribution in [1.29, 1.82) is 0 Å². The monoisotopic (exact) mass is 265 g/mol.